The van der Waals surface area contributed by atoms with Gasteiger partial charge in [-0.05, 0) is 72.6 Å². The Hall–Kier alpha value is -2.62. The molecule has 0 aromatic heterocycles. The van der Waals surface area contributed by atoms with Gasteiger partial charge in [0.1, 0.15) is 5.82 Å². The van der Waals surface area contributed by atoms with Crippen molar-refractivity contribution in [3.8, 4) is 0 Å². The van der Waals surface area contributed by atoms with Crippen LogP contribution in [0, 0.1) is 11.7 Å². The molecule has 0 bridgehead atoms. The molecule has 10 heteroatoms. The Morgan fingerprint density at radius 2 is 1.51 bits per heavy atom. The van der Waals surface area contributed by atoms with Crippen LogP contribution in [0.2, 0.25) is 0 Å². The van der Waals surface area contributed by atoms with Crippen molar-refractivity contribution < 1.29 is 40.6 Å². The predicted octanol–water partition coefficient (Wildman–Crippen LogP) is 6.79. The van der Waals surface area contributed by atoms with Gasteiger partial charge in [-0.15, -0.1) is 0 Å². The summed E-state index contributed by atoms with van der Waals surface area (Å²) in [5.74, 6) is 1.04. The van der Waals surface area contributed by atoms with Crippen LogP contribution in [-0.4, -0.2) is 29.5 Å². The molecule has 3 rings (SSSR count). The van der Waals surface area contributed by atoms with E-state index in [1.165, 1.54) is 24.8 Å². The van der Waals surface area contributed by atoms with Gasteiger partial charge in [-0.25, -0.2) is 4.39 Å². The lowest BCUT2D eigenvalue weighted by Crippen LogP contribution is -2.31. The molecule has 0 heterocycles. The summed E-state index contributed by atoms with van der Waals surface area (Å²) in [7, 11) is 1.86. The van der Waals surface area contributed by atoms with Gasteiger partial charge < -0.3 is 10.0 Å². The van der Waals surface area contributed by atoms with E-state index in [1.54, 1.807) is 24.0 Å². The molecule has 2 unspecified atom stereocenters. The molecule has 2 aromatic carbocycles. The van der Waals surface area contributed by atoms with Crippen LogP contribution in [0.1, 0.15) is 60.8 Å². The van der Waals surface area contributed by atoms with E-state index in [1.807, 2.05) is 19.2 Å². The van der Waals surface area contributed by atoms with E-state index in [-0.39, 0.29) is 17.8 Å². The Kier molecular flexibility index (Phi) is 9.71. The predicted molar refractivity (Wildman–Crippen MR) is 117 cm³/mol. The molecule has 0 radical (unpaired) electrons. The number of aliphatic hydroxyl groups is 1. The number of hydrogen-bond acceptors (Lipinski definition) is 2. The lowest BCUT2D eigenvalue weighted by Gasteiger charge is -2.32. The second-order valence-electron chi connectivity index (χ2n) is 8.75. The van der Waals surface area contributed by atoms with Gasteiger partial charge in [0, 0.05) is 20.5 Å². The number of hydrogen-bond donors (Lipinski definition) is 1. The number of halogens is 7. The zero-order valence-electron chi connectivity index (χ0n) is 19.4. The largest absolute Gasteiger partial charge is 0.416 e. The first kappa shape index (κ1) is 28.6. The van der Waals surface area contributed by atoms with Crippen molar-refractivity contribution in [2.75, 3.05) is 13.6 Å². The number of aliphatic hydroxyl groups excluding tert-OH is 1. The van der Waals surface area contributed by atoms with Gasteiger partial charge in [0.05, 0.1) is 17.7 Å². The molecule has 1 saturated carbocycles. The third-order valence-corrected chi connectivity index (χ3v) is 6.02. The van der Waals surface area contributed by atoms with E-state index in [9.17, 15) is 35.5 Å². The molecule has 0 spiro atoms. The molecule has 1 N–H and O–H groups in total. The molecule has 0 saturated heterocycles. The summed E-state index contributed by atoms with van der Waals surface area (Å²) in [4.78, 5) is 13.1. The quantitative estimate of drug-likeness (QED) is 0.463. The number of benzene rings is 2. The highest BCUT2D eigenvalue weighted by Crippen LogP contribution is 2.37. The van der Waals surface area contributed by atoms with E-state index >= 15 is 0 Å². The molecule has 1 amide bonds. The Balaban J connectivity index is 0.000000251. The van der Waals surface area contributed by atoms with Crippen LogP contribution in [0.5, 0.6) is 0 Å². The van der Waals surface area contributed by atoms with Gasteiger partial charge in [0.2, 0.25) is 5.91 Å². The van der Waals surface area contributed by atoms with Gasteiger partial charge in [-0.3, -0.25) is 4.79 Å². The van der Waals surface area contributed by atoms with E-state index in [4.69, 9.17) is 5.11 Å². The highest BCUT2D eigenvalue weighted by Gasteiger charge is 2.36. The molecular formula is C25H28F7NO2. The number of carbonyl (C=O) groups is 1. The monoisotopic (exact) mass is 507 g/mol. The van der Waals surface area contributed by atoms with Crippen LogP contribution in [-0.2, 0) is 23.8 Å². The highest BCUT2D eigenvalue weighted by atomic mass is 19.4. The lowest BCUT2D eigenvalue weighted by molar-refractivity contribution is -0.143. The van der Waals surface area contributed by atoms with Crippen LogP contribution in [0.25, 0.3) is 0 Å². The summed E-state index contributed by atoms with van der Waals surface area (Å²) in [6.45, 7) is 1.57. The van der Waals surface area contributed by atoms with E-state index in [0.717, 1.165) is 13.0 Å². The standard InChI is InChI=1S/C16H22FNO.C9H6F6O/c1-12(19)18(2)11-13-4-3-5-15(10-13)14-6-8-16(17)9-7-14;10-8(11,12)6-1-5(4-16)2-7(3-6)9(13,14)15/h6-9,13,15H,3-5,10-11H2,1-2H3;1-3,16H,4H2. The maximum Gasteiger partial charge on any atom is 0.416 e. The average molecular weight is 507 g/mol. The van der Waals surface area contributed by atoms with E-state index in [2.05, 4.69) is 0 Å². The number of carbonyl (C=O) groups excluding carboxylic acids is 1. The first-order chi connectivity index (χ1) is 16.2. The third kappa shape index (κ3) is 8.83. The minimum Gasteiger partial charge on any atom is -0.392 e. The lowest BCUT2D eigenvalue weighted by atomic mass is 9.78. The van der Waals surface area contributed by atoms with Crippen molar-refractivity contribution in [2.45, 2.75) is 57.5 Å². The minimum absolute atomic E-state index is 0.0131. The van der Waals surface area contributed by atoms with Crippen molar-refractivity contribution >= 4 is 5.91 Å². The van der Waals surface area contributed by atoms with Crippen LogP contribution in [0.3, 0.4) is 0 Å². The Morgan fingerprint density at radius 1 is 0.971 bits per heavy atom. The topological polar surface area (TPSA) is 40.5 Å². The van der Waals surface area contributed by atoms with Crippen molar-refractivity contribution in [1.82, 2.24) is 4.90 Å². The first-order valence-electron chi connectivity index (χ1n) is 11.1. The van der Waals surface area contributed by atoms with Gasteiger partial charge in [0.25, 0.3) is 0 Å². The van der Waals surface area contributed by atoms with Crippen LogP contribution in [0.4, 0.5) is 30.7 Å². The number of nitrogens with zero attached hydrogens (tertiary/aromatic N) is 1. The Bertz CT molecular complexity index is 939. The summed E-state index contributed by atoms with van der Waals surface area (Å²) in [6.07, 6.45) is -5.08. The number of rotatable bonds is 4. The maximum atomic E-state index is 12.9. The fourth-order valence-electron chi connectivity index (χ4n) is 4.12. The van der Waals surface area contributed by atoms with E-state index < -0.39 is 35.6 Å². The molecular weight excluding hydrogens is 479 g/mol. The Morgan fingerprint density at radius 3 is 1.97 bits per heavy atom. The summed E-state index contributed by atoms with van der Waals surface area (Å²) in [5.41, 5.74) is -2.04. The molecule has 2 aromatic rings. The van der Waals surface area contributed by atoms with Crippen molar-refractivity contribution in [2.24, 2.45) is 5.92 Å². The van der Waals surface area contributed by atoms with Crippen LogP contribution < -0.4 is 0 Å². The second kappa shape index (κ2) is 11.9. The normalized spacial score (nSPS) is 18.5. The molecule has 1 fully saturated rings. The molecule has 35 heavy (non-hydrogen) atoms. The van der Waals surface area contributed by atoms with Gasteiger partial charge in [0.15, 0.2) is 0 Å². The molecule has 0 aliphatic heterocycles. The van der Waals surface area contributed by atoms with Crippen molar-refractivity contribution in [3.63, 3.8) is 0 Å². The highest BCUT2D eigenvalue weighted by molar-refractivity contribution is 5.72. The molecule has 2 atom stereocenters. The molecule has 1 aliphatic carbocycles. The van der Waals surface area contributed by atoms with Crippen LogP contribution >= 0.6 is 0 Å². The van der Waals surface area contributed by atoms with Crippen LogP contribution in [0.15, 0.2) is 42.5 Å². The third-order valence-electron chi connectivity index (χ3n) is 6.02. The number of amides is 1. The molecule has 1 aliphatic rings. The minimum atomic E-state index is -4.87. The summed E-state index contributed by atoms with van der Waals surface area (Å²) in [5, 5.41) is 8.58. The SMILES string of the molecule is CC(=O)N(C)CC1CCCC(c2ccc(F)cc2)C1.OCc1cc(C(F)(F)F)cc(C(F)(F)F)c1. The fourth-order valence-corrected chi connectivity index (χ4v) is 4.12. The van der Waals surface area contributed by atoms with Gasteiger partial charge in [-0.1, -0.05) is 18.6 Å². The first-order valence-corrected chi connectivity index (χ1v) is 11.1. The summed E-state index contributed by atoms with van der Waals surface area (Å²) < 4.78 is 86.3. The van der Waals surface area contributed by atoms with Crippen molar-refractivity contribution in [3.05, 3.63) is 70.5 Å². The number of alkyl halides is 6. The maximum absolute atomic E-state index is 12.9. The fraction of sp³-hybridized carbons (Fsp3) is 0.480. The average Bonchev–Trinajstić information content (AvgIpc) is 2.78. The molecule has 3 nitrogen and oxygen atoms in total. The van der Waals surface area contributed by atoms with Gasteiger partial charge in [-0.2, -0.15) is 26.3 Å². The van der Waals surface area contributed by atoms with Crippen molar-refractivity contribution in [1.29, 1.82) is 0 Å². The smallest absolute Gasteiger partial charge is 0.392 e. The second-order valence-corrected chi connectivity index (χ2v) is 8.75. The Labute approximate surface area is 199 Å². The zero-order valence-corrected chi connectivity index (χ0v) is 19.4. The van der Waals surface area contributed by atoms with E-state index in [0.29, 0.717) is 24.0 Å². The van der Waals surface area contributed by atoms with Gasteiger partial charge >= 0.3 is 12.4 Å². The zero-order chi connectivity index (χ0) is 26.4. The molecule has 194 valence electrons. The summed E-state index contributed by atoms with van der Waals surface area (Å²) in [6, 6.07) is 7.86. The summed E-state index contributed by atoms with van der Waals surface area (Å²) >= 11 is 0.